The number of nitrogens with two attached hydrogens (primary N) is 1. The van der Waals surface area contributed by atoms with E-state index >= 15 is 0 Å². The zero-order valence-corrected chi connectivity index (χ0v) is 12.1. The molecule has 0 aromatic carbocycles. The van der Waals surface area contributed by atoms with Gasteiger partial charge in [-0.25, -0.2) is 4.98 Å². The highest BCUT2D eigenvalue weighted by atomic mass is 16.2. The van der Waals surface area contributed by atoms with Crippen molar-refractivity contribution in [3.63, 3.8) is 0 Å². The van der Waals surface area contributed by atoms with Gasteiger partial charge in [0.2, 0.25) is 5.91 Å². The van der Waals surface area contributed by atoms with Crippen molar-refractivity contribution in [1.82, 2.24) is 20.2 Å². The minimum atomic E-state index is -0.280. The van der Waals surface area contributed by atoms with Gasteiger partial charge in [-0.05, 0) is 13.3 Å². The molecule has 112 valence electrons. The van der Waals surface area contributed by atoms with Gasteiger partial charge in [-0.3, -0.25) is 9.59 Å². The smallest absolute Gasteiger partial charge is 0.271 e. The number of nitrogens with one attached hydrogen (secondary N) is 2. The Morgan fingerprint density at radius 1 is 1.50 bits per heavy atom. The van der Waals surface area contributed by atoms with E-state index in [1.807, 2.05) is 13.8 Å². The standard InChI is InChI=1S/C13H23N5O2/c1-3-10(2)17-12(19)4-6-15-13(20)11-8-18(7-5-14)9-16-11/h8-10H,3-7,14H2,1-2H3,(H,15,20)(H,17,19). The van der Waals surface area contributed by atoms with Crippen molar-refractivity contribution in [2.45, 2.75) is 39.3 Å². The number of carbonyl (C=O) groups excluding carboxylic acids is 2. The number of nitrogens with zero attached hydrogens (tertiary/aromatic N) is 2. The van der Waals surface area contributed by atoms with E-state index in [-0.39, 0.29) is 24.3 Å². The van der Waals surface area contributed by atoms with E-state index < -0.39 is 0 Å². The second-order valence-corrected chi connectivity index (χ2v) is 4.67. The van der Waals surface area contributed by atoms with Crippen molar-refractivity contribution in [3.8, 4) is 0 Å². The Labute approximate surface area is 118 Å². The predicted molar refractivity (Wildman–Crippen MR) is 76.1 cm³/mol. The van der Waals surface area contributed by atoms with Gasteiger partial charge in [0, 0.05) is 38.3 Å². The fraction of sp³-hybridized carbons (Fsp3) is 0.615. The van der Waals surface area contributed by atoms with Crippen LogP contribution in [0.2, 0.25) is 0 Å². The number of aromatic nitrogens is 2. The van der Waals surface area contributed by atoms with Crippen LogP contribution < -0.4 is 16.4 Å². The van der Waals surface area contributed by atoms with Gasteiger partial charge in [0.1, 0.15) is 5.69 Å². The number of rotatable bonds is 8. The lowest BCUT2D eigenvalue weighted by Crippen LogP contribution is -2.35. The number of hydrogen-bond acceptors (Lipinski definition) is 4. The predicted octanol–water partition coefficient (Wildman–Crippen LogP) is -0.124. The quantitative estimate of drug-likeness (QED) is 0.618. The van der Waals surface area contributed by atoms with Crippen molar-refractivity contribution in [2.75, 3.05) is 13.1 Å². The van der Waals surface area contributed by atoms with Crippen LogP contribution in [0.15, 0.2) is 12.5 Å². The molecule has 1 aromatic heterocycles. The van der Waals surface area contributed by atoms with Crippen LogP contribution in [0.1, 0.15) is 37.2 Å². The van der Waals surface area contributed by atoms with Crippen molar-refractivity contribution in [3.05, 3.63) is 18.2 Å². The summed E-state index contributed by atoms with van der Waals surface area (Å²) in [6, 6.07) is 0.158. The van der Waals surface area contributed by atoms with E-state index in [4.69, 9.17) is 5.73 Å². The topological polar surface area (TPSA) is 102 Å². The molecule has 2 amide bonds. The lowest BCUT2D eigenvalue weighted by Gasteiger charge is -2.11. The molecule has 0 aliphatic heterocycles. The molecule has 1 aromatic rings. The third-order valence-corrected chi connectivity index (χ3v) is 2.91. The Bertz CT molecular complexity index is 444. The first-order valence-electron chi connectivity index (χ1n) is 6.86. The van der Waals surface area contributed by atoms with Crippen molar-refractivity contribution >= 4 is 11.8 Å². The van der Waals surface area contributed by atoms with Crippen LogP contribution in [0.25, 0.3) is 0 Å². The molecule has 1 unspecified atom stereocenters. The maximum absolute atomic E-state index is 11.8. The first-order chi connectivity index (χ1) is 9.56. The summed E-state index contributed by atoms with van der Waals surface area (Å²) in [5.74, 6) is -0.342. The van der Waals surface area contributed by atoms with Crippen LogP contribution in [0.5, 0.6) is 0 Å². The number of hydrogen-bond donors (Lipinski definition) is 3. The Kier molecular flexibility index (Phi) is 6.72. The monoisotopic (exact) mass is 281 g/mol. The van der Waals surface area contributed by atoms with Gasteiger partial charge in [-0.2, -0.15) is 0 Å². The van der Waals surface area contributed by atoms with Crippen LogP contribution in [0.3, 0.4) is 0 Å². The molecule has 4 N–H and O–H groups in total. The summed E-state index contributed by atoms with van der Waals surface area (Å²) in [4.78, 5) is 27.3. The number of amides is 2. The molecule has 0 radical (unpaired) electrons. The summed E-state index contributed by atoms with van der Waals surface area (Å²) in [5, 5.41) is 5.51. The lowest BCUT2D eigenvalue weighted by atomic mass is 10.2. The summed E-state index contributed by atoms with van der Waals surface area (Å²) in [5.41, 5.74) is 5.75. The Balaban J connectivity index is 2.30. The maximum atomic E-state index is 11.8. The van der Waals surface area contributed by atoms with Gasteiger partial charge < -0.3 is 20.9 Å². The first kappa shape index (κ1) is 16.2. The fourth-order valence-electron chi connectivity index (χ4n) is 1.58. The van der Waals surface area contributed by atoms with E-state index in [0.717, 1.165) is 6.42 Å². The van der Waals surface area contributed by atoms with Gasteiger partial charge in [-0.1, -0.05) is 6.92 Å². The van der Waals surface area contributed by atoms with Crippen molar-refractivity contribution in [2.24, 2.45) is 5.73 Å². The Morgan fingerprint density at radius 3 is 2.90 bits per heavy atom. The first-order valence-corrected chi connectivity index (χ1v) is 6.86. The van der Waals surface area contributed by atoms with Gasteiger partial charge in [-0.15, -0.1) is 0 Å². The Hall–Kier alpha value is -1.89. The summed E-state index contributed by atoms with van der Waals surface area (Å²) >= 11 is 0. The number of imidazole rings is 1. The van der Waals surface area contributed by atoms with Crippen LogP contribution in [-0.4, -0.2) is 40.5 Å². The summed E-state index contributed by atoms with van der Waals surface area (Å²) in [7, 11) is 0. The zero-order chi connectivity index (χ0) is 15.0. The van der Waals surface area contributed by atoms with Crippen LogP contribution in [-0.2, 0) is 11.3 Å². The van der Waals surface area contributed by atoms with Gasteiger partial charge in [0.15, 0.2) is 0 Å². The third kappa shape index (κ3) is 5.40. The molecule has 0 spiro atoms. The van der Waals surface area contributed by atoms with Crippen molar-refractivity contribution in [1.29, 1.82) is 0 Å². The molecule has 1 heterocycles. The zero-order valence-electron chi connectivity index (χ0n) is 12.1. The molecule has 7 heteroatoms. The summed E-state index contributed by atoms with van der Waals surface area (Å²) in [6.07, 6.45) is 4.36. The average molecular weight is 281 g/mol. The minimum absolute atomic E-state index is 0.0617. The fourth-order valence-corrected chi connectivity index (χ4v) is 1.58. The van der Waals surface area contributed by atoms with Gasteiger partial charge in [0.25, 0.3) is 5.91 Å². The highest BCUT2D eigenvalue weighted by Crippen LogP contribution is 1.96. The average Bonchev–Trinajstić information content (AvgIpc) is 2.87. The highest BCUT2D eigenvalue weighted by Gasteiger charge is 2.10. The van der Waals surface area contributed by atoms with Gasteiger partial charge >= 0.3 is 0 Å². The molecule has 0 saturated carbocycles. The molecule has 7 nitrogen and oxygen atoms in total. The third-order valence-electron chi connectivity index (χ3n) is 2.91. The molecule has 1 rings (SSSR count). The SMILES string of the molecule is CCC(C)NC(=O)CCNC(=O)c1cn(CCN)cn1. The number of carbonyl (C=O) groups is 2. The summed E-state index contributed by atoms with van der Waals surface area (Å²) in [6.45, 7) is 5.36. The lowest BCUT2D eigenvalue weighted by molar-refractivity contribution is -0.121. The van der Waals surface area contributed by atoms with Crippen molar-refractivity contribution < 1.29 is 9.59 Å². The molecule has 0 fully saturated rings. The highest BCUT2D eigenvalue weighted by molar-refractivity contribution is 5.92. The van der Waals surface area contributed by atoms with Gasteiger partial charge in [0.05, 0.1) is 6.33 Å². The van der Waals surface area contributed by atoms with Crippen LogP contribution in [0, 0.1) is 0 Å². The van der Waals surface area contributed by atoms with Crippen LogP contribution in [0.4, 0.5) is 0 Å². The van der Waals surface area contributed by atoms with E-state index in [2.05, 4.69) is 15.6 Å². The molecule has 0 aliphatic rings. The normalized spacial score (nSPS) is 11.9. The maximum Gasteiger partial charge on any atom is 0.271 e. The second kappa shape index (κ2) is 8.31. The molecule has 0 saturated heterocycles. The van der Waals surface area contributed by atoms with E-state index in [9.17, 15) is 9.59 Å². The van der Waals surface area contributed by atoms with E-state index in [1.165, 1.54) is 0 Å². The Morgan fingerprint density at radius 2 is 2.25 bits per heavy atom. The van der Waals surface area contributed by atoms with Crippen LogP contribution >= 0.6 is 0 Å². The van der Waals surface area contributed by atoms with E-state index in [0.29, 0.717) is 25.3 Å². The van der Waals surface area contributed by atoms with E-state index in [1.54, 1.807) is 17.1 Å². The molecule has 0 aliphatic carbocycles. The molecule has 20 heavy (non-hydrogen) atoms. The molecular formula is C13H23N5O2. The molecular weight excluding hydrogens is 258 g/mol. The summed E-state index contributed by atoms with van der Waals surface area (Å²) < 4.78 is 1.75. The molecule has 0 bridgehead atoms. The molecule has 1 atom stereocenters. The largest absolute Gasteiger partial charge is 0.354 e. The minimum Gasteiger partial charge on any atom is -0.354 e. The second-order valence-electron chi connectivity index (χ2n) is 4.67.